The van der Waals surface area contributed by atoms with Crippen LogP contribution in [0.25, 0.3) is 0 Å². The summed E-state index contributed by atoms with van der Waals surface area (Å²) in [6.07, 6.45) is 3.05. The van der Waals surface area contributed by atoms with Gasteiger partial charge in [0.2, 0.25) is 0 Å². The van der Waals surface area contributed by atoms with Gasteiger partial charge in [-0.25, -0.2) is 9.18 Å². The van der Waals surface area contributed by atoms with Crippen molar-refractivity contribution in [2.24, 2.45) is 0 Å². The van der Waals surface area contributed by atoms with Gasteiger partial charge < -0.3 is 5.32 Å². The first-order chi connectivity index (χ1) is 11.9. The minimum Gasteiger partial charge on any atom is -0.307 e. The van der Waals surface area contributed by atoms with Crippen molar-refractivity contribution in [3.8, 4) is 0 Å². The highest BCUT2D eigenvalue weighted by molar-refractivity contribution is 5.96. The molecule has 5 heteroatoms. The number of benzene rings is 2. The number of carbonyl (C=O) groups is 2. The average molecular weight is 338 g/mol. The molecule has 0 aliphatic carbocycles. The van der Waals surface area contributed by atoms with Gasteiger partial charge in [0.25, 0.3) is 0 Å². The van der Waals surface area contributed by atoms with Gasteiger partial charge in [-0.2, -0.15) is 0 Å². The van der Waals surface area contributed by atoms with E-state index in [1.54, 1.807) is 12.1 Å². The summed E-state index contributed by atoms with van der Waals surface area (Å²) in [6, 6.07) is 10.9. The molecule has 0 saturated heterocycles. The molecule has 25 heavy (non-hydrogen) atoms. The van der Waals surface area contributed by atoms with Crippen molar-refractivity contribution in [1.29, 1.82) is 0 Å². The number of allylic oxidation sites excluding steroid dienone is 1. The third kappa shape index (κ3) is 3.76. The van der Waals surface area contributed by atoms with Gasteiger partial charge in [0.15, 0.2) is 5.78 Å². The Morgan fingerprint density at radius 2 is 1.88 bits per heavy atom. The largest absolute Gasteiger partial charge is 0.326 e. The molecule has 1 aliphatic rings. The molecule has 0 saturated carbocycles. The fourth-order valence-corrected chi connectivity index (χ4v) is 2.85. The Labute approximate surface area is 146 Å². The Morgan fingerprint density at radius 1 is 1.16 bits per heavy atom. The lowest BCUT2D eigenvalue weighted by molar-refractivity contribution is -0.116. The van der Waals surface area contributed by atoms with E-state index in [2.05, 4.69) is 5.32 Å². The van der Waals surface area contributed by atoms with E-state index in [1.165, 1.54) is 29.3 Å². The van der Waals surface area contributed by atoms with Gasteiger partial charge in [0.1, 0.15) is 5.82 Å². The highest BCUT2D eigenvalue weighted by Gasteiger charge is 2.29. The van der Waals surface area contributed by atoms with Gasteiger partial charge in [-0.15, -0.1) is 0 Å². The van der Waals surface area contributed by atoms with Gasteiger partial charge in [-0.3, -0.25) is 9.69 Å². The maximum atomic E-state index is 13.2. The molecule has 0 unspecified atom stereocenters. The second-order valence-electron chi connectivity index (χ2n) is 6.21. The predicted octanol–water partition coefficient (Wildman–Crippen LogP) is 4.50. The van der Waals surface area contributed by atoms with E-state index in [1.807, 2.05) is 32.0 Å². The Hall–Kier alpha value is -2.95. The molecule has 0 radical (unpaired) electrons. The maximum Gasteiger partial charge on any atom is 0.326 e. The average Bonchev–Trinajstić information content (AvgIpc) is 2.58. The molecule has 3 rings (SSSR count). The molecule has 2 aromatic rings. The number of ketones is 1. The molecule has 1 atom stereocenters. The van der Waals surface area contributed by atoms with Gasteiger partial charge >= 0.3 is 6.03 Å². The Bertz CT molecular complexity index is 843. The number of nitrogens with zero attached hydrogens (tertiary/aromatic N) is 1. The van der Waals surface area contributed by atoms with E-state index in [0.717, 1.165) is 22.4 Å². The standard InChI is InChI=1S/C20H19FN2O2/c1-13-3-4-14(2)18(11-13)22-20(25)23-10-9-17(24)12-19(23)15-5-7-16(21)8-6-15/h3-11,19H,12H2,1-2H3,(H,22,25)/t19-/m0/s1. The second kappa shape index (κ2) is 6.89. The molecule has 2 aromatic carbocycles. The molecule has 0 aromatic heterocycles. The summed E-state index contributed by atoms with van der Waals surface area (Å²) in [5, 5.41) is 2.90. The molecule has 1 heterocycles. The number of carbonyl (C=O) groups excluding carboxylic acids is 2. The third-order valence-corrected chi connectivity index (χ3v) is 4.28. The van der Waals surface area contributed by atoms with Crippen LogP contribution in [-0.2, 0) is 4.79 Å². The van der Waals surface area contributed by atoms with Gasteiger partial charge in [-0.05, 0) is 54.8 Å². The summed E-state index contributed by atoms with van der Waals surface area (Å²) in [7, 11) is 0. The van der Waals surface area contributed by atoms with Crippen LogP contribution in [0.3, 0.4) is 0 Å². The Morgan fingerprint density at radius 3 is 2.60 bits per heavy atom. The number of amides is 2. The van der Waals surface area contributed by atoms with E-state index in [0.29, 0.717) is 0 Å². The lowest BCUT2D eigenvalue weighted by atomic mass is 9.97. The number of aryl methyl sites for hydroxylation is 2. The first kappa shape index (κ1) is 16.9. The summed E-state index contributed by atoms with van der Waals surface area (Å²) in [5.41, 5.74) is 3.44. The van der Waals surface area contributed by atoms with Crippen molar-refractivity contribution < 1.29 is 14.0 Å². The number of halogens is 1. The zero-order chi connectivity index (χ0) is 18.0. The van der Waals surface area contributed by atoms with E-state index in [4.69, 9.17) is 0 Å². The van der Waals surface area contributed by atoms with Crippen molar-refractivity contribution in [1.82, 2.24) is 4.90 Å². The number of hydrogen-bond acceptors (Lipinski definition) is 2. The van der Waals surface area contributed by atoms with Crippen LogP contribution in [0, 0.1) is 19.7 Å². The monoisotopic (exact) mass is 338 g/mol. The zero-order valence-corrected chi connectivity index (χ0v) is 14.1. The van der Waals surface area contributed by atoms with Crippen LogP contribution in [0.1, 0.15) is 29.2 Å². The molecule has 0 fully saturated rings. The molecule has 128 valence electrons. The molecule has 0 bridgehead atoms. The number of anilines is 1. The fraction of sp³-hybridized carbons (Fsp3) is 0.200. The van der Waals surface area contributed by atoms with E-state index in [-0.39, 0.29) is 24.1 Å². The number of urea groups is 1. The molecular weight excluding hydrogens is 319 g/mol. The minimum atomic E-state index is -0.455. The van der Waals surface area contributed by atoms with Crippen LogP contribution in [-0.4, -0.2) is 16.7 Å². The fourth-order valence-electron chi connectivity index (χ4n) is 2.85. The first-order valence-corrected chi connectivity index (χ1v) is 8.07. The summed E-state index contributed by atoms with van der Waals surface area (Å²) in [6.45, 7) is 3.87. The van der Waals surface area contributed by atoms with Gasteiger partial charge in [0, 0.05) is 18.3 Å². The van der Waals surface area contributed by atoms with E-state index >= 15 is 0 Å². The summed E-state index contributed by atoms with van der Waals surface area (Å²) < 4.78 is 13.2. The number of rotatable bonds is 2. The molecular formula is C20H19FN2O2. The smallest absolute Gasteiger partial charge is 0.307 e. The lowest BCUT2D eigenvalue weighted by Crippen LogP contribution is -2.37. The van der Waals surface area contributed by atoms with Crippen molar-refractivity contribution in [3.05, 3.63) is 77.2 Å². The Kier molecular flexibility index (Phi) is 4.65. The first-order valence-electron chi connectivity index (χ1n) is 8.07. The van der Waals surface area contributed by atoms with Gasteiger partial charge in [0.05, 0.1) is 6.04 Å². The van der Waals surface area contributed by atoms with E-state index < -0.39 is 6.04 Å². The minimum absolute atomic E-state index is 0.0647. The maximum absolute atomic E-state index is 13.2. The Balaban J connectivity index is 1.88. The van der Waals surface area contributed by atoms with Crippen LogP contribution < -0.4 is 5.32 Å². The van der Waals surface area contributed by atoms with Crippen molar-refractivity contribution >= 4 is 17.5 Å². The molecule has 2 amide bonds. The van der Waals surface area contributed by atoms with Crippen molar-refractivity contribution in [3.63, 3.8) is 0 Å². The third-order valence-electron chi connectivity index (χ3n) is 4.28. The summed E-state index contributed by atoms with van der Waals surface area (Å²) in [4.78, 5) is 26.1. The highest BCUT2D eigenvalue weighted by Crippen LogP contribution is 2.29. The lowest BCUT2D eigenvalue weighted by Gasteiger charge is -2.31. The number of nitrogens with one attached hydrogen (secondary N) is 1. The molecule has 1 aliphatic heterocycles. The predicted molar refractivity (Wildman–Crippen MR) is 94.7 cm³/mol. The summed E-state index contributed by atoms with van der Waals surface area (Å²) >= 11 is 0. The van der Waals surface area contributed by atoms with Crippen LogP contribution in [0.4, 0.5) is 14.9 Å². The summed E-state index contributed by atoms with van der Waals surface area (Å²) in [5.74, 6) is -0.419. The highest BCUT2D eigenvalue weighted by atomic mass is 19.1. The normalized spacial score (nSPS) is 16.8. The molecule has 4 nitrogen and oxygen atoms in total. The zero-order valence-electron chi connectivity index (χ0n) is 14.1. The quantitative estimate of drug-likeness (QED) is 0.876. The van der Waals surface area contributed by atoms with Crippen LogP contribution >= 0.6 is 0 Å². The SMILES string of the molecule is Cc1ccc(C)c(NC(=O)N2C=CC(=O)C[C@H]2c2ccc(F)cc2)c1. The van der Waals surface area contributed by atoms with Crippen molar-refractivity contribution in [2.45, 2.75) is 26.3 Å². The van der Waals surface area contributed by atoms with Crippen molar-refractivity contribution in [2.75, 3.05) is 5.32 Å². The molecule has 1 N–H and O–H groups in total. The van der Waals surface area contributed by atoms with E-state index in [9.17, 15) is 14.0 Å². The van der Waals surface area contributed by atoms with Gasteiger partial charge in [-0.1, -0.05) is 24.3 Å². The van der Waals surface area contributed by atoms with Crippen LogP contribution in [0.2, 0.25) is 0 Å². The molecule has 0 spiro atoms. The number of hydrogen-bond donors (Lipinski definition) is 1. The topological polar surface area (TPSA) is 49.4 Å². The second-order valence-corrected chi connectivity index (χ2v) is 6.21. The van der Waals surface area contributed by atoms with Crippen LogP contribution in [0.5, 0.6) is 0 Å². The van der Waals surface area contributed by atoms with Crippen LogP contribution in [0.15, 0.2) is 54.7 Å².